The van der Waals surface area contributed by atoms with Crippen LogP contribution < -0.4 is 15.4 Å². The van der Waals surface area contributed by atoms with Gasteiger partial charge in [0.05, 0.1) is 25.8 Å². The molecule has 3 N–H and O–H groups in total. The zero-order valence-corrected chi connectivity index (χ0v) is 16.1. The minimum Gasteiger partial charge on any atom is -0.497 e. The highest BCUT2D eigenvalue weighted by molar-refractivity contribution is 6.30. The van der Waals surface area contributed by atoms with E-state index in [1.54, 1.807) is 7.11 Å². The highest BCUT2D eigenvalue weighted by atomic mass is 35.5. The van der Waals surface area contributed by atoms with E-state index in [4.69, 9.17) is 16.3 Å². The van der Waals surface area contributed by atoms with E-state index in [2.05, 4.69) is 22.5 Å². The molecule has 2 unspecified atom stereocenters. The van der Waals surface area contributed by atoms with Crippen LogP contribution in [0.15, 0.2) is 53.5 Å². The largest absolute Gasteiger partial charge is 0.497 e. The molecule has 0 saturated carbocycles. The molecule has 140 valence electrons. The lowest BCUT2D eigenvalue weighted by molar-refractivity contribution is 0.186. The van der Waals surface area contributed by atoms with Crippen molar-refractivity contribution >= 4 is 17.6 Å². The van der Waals surface area contributed by atoms with E-state index in [1.165, 1.54) is 0 Å². The molecule has 0 bridgehead atoms. The minimum atomic E-state index is -0.702. The third-order valence-corrected chi connectivity index (χ3v) is 4.22. The summed E-state index contributed by atoms with van der Waals surface area (Å²) < 4.78 is 5.20. The number of aliphatic hydroxyl groups excluding tert-OH is 1. The van der Waals surface area contributed by atoms with E-state index in [0.29, 0.717) is 16.7 Å². The van der Waals surface area contributed by atoms with Gasteiger partial charge in [-0.2, -0.15) is 0 Å². The number of rotatable bonds is 7. The molecule has 0 aliphatic carbocycles. The zero-order chi connectivity index (χ0) is 18.9. The number of ether oxygens (including phenoxy) is 1. The Morgan fingerprint density at radius 3 is 2.58 bits per heavy atom. The Kier molecular flexibility index (Phi) is 7.75. The lowest BCUT2D eigenvalue weighted by Gasteiger charge is -2.19. The predicted molar refractivity (Wildman–Crippen MR) is 107 cm³/mol. The molecular formula is C20H26ClN3O2. The van der Waals surface area contributed by atoms with Crippen LogP contribution in [0, 0.1) is 0 Å². The van der Waals surface area contributed by atoms with Crippen molar-refractivity contribution in [2.45, 2.75) is 26.0 Å². The number of aliphatic imine (C=N–C) groups is 1. The number of nitrogens with zero attached hydrogens (tertiary/aromatic N) is 1. The molecule has 2 aromatic carbocycles. The molecule has 2 aromatic rings. The molecule has 0 fully saturated rings. The SMILES string of the molecule is CCNC(=NCC(O)c1cccc(OC)c1)NC(C)c1ccc(Cl)cc1. The van der Waals surface area contributed by atoms with Gasteiger partial charge >= 0.3 is 0 Å². The number of guanidine groups is 1. The highest BCUT2D eigenvalue weighted by Gasteiger charge is 2.11. The molecule has 2 rings (SSSR count). The van der Waals surface area contributed by atoms with E-state index >= 15 is 0 Å². The first-order valence-electron chi connectivity index (χ1n) is 8.65. The fourth-order valence-corrected chi connectivity index (χ4v) is 2.62. The van der Waals surface area contributed by atoms with E-state index in [-0.39, 0.29) is 12.6 Å². The van der Waals surface area contributed by atoms with Crippen LogP contribution in [-0.4, -0.2) is 31.3 Å². The summed E-state index contributed by atoms with van der Waals surface area (Å²) in [6.45, 7) is 5.03. The summed E-state index contributed by atoms with van der Waals surface area (Å²) in [4.78, 5) is 4.51. The van der Waals surface area contributed by atoms with Gasteiger partial charge in [0.15, 0.2) is 5.96 Å². The topological polar surface area (TPSA) is 65.9 Å². The molecule has 5 nitrogen and oxygen atoms in total. The molecule has 0 aliphatic rings. The second-order valence-electron chi connectivity index (χ2n) is 5.93. The third-order valence-electron chi connectivity index (χ3n) is 3.97. The number of hydrogen-bond acceptors (Lipinski definition) is 3. The summed E-state index contributed by atoms with van der Waals surface area (Å²) in [6, 6.07) is 15.1. The van der Waals surface area contributed by atoms with Gasteiger partial charge in [0.2, 0.25) is 0 Å². The van der Waals surface area contributed by atoms with Crippen molar-refractivity contribution in [2.75, 3.05) is 20.2 Å². The average Bonchev–Trinajstić information content (AvgIpc) is 2.66. The summed E-state index contributed by atoms with van der Waals surface area (Å²) in [6.07, 6.45) is -0.702. The number of hydrogen-bond donors (Lipinski definition) is 3. The van der Waals surface area contributed by atoms with Crippen molar-refractivity contribution in [3.8, 4) is 5.75 Å². The van der Waals surface area contributed by atoms with Gasteiger partial charge in [-0.3, -0.25) is 4.99 Å². The van der Waals surface area contributed by atoms with Crippen molar-refractivity contribution in [2.24, 2.45) is 4.99 Å². The smallest absolute Gasteiger partial charge is 0.191 e. The fraction of sp³-hybridized carbons (Fsp3) is 0.350. The number of benzene rings is 2. The maximum Gasteiger partial charge on any atom is 0.191 e. The first-order valence-corrected chi connectivity index (χ1v) is 9.03. The predicted octanol–water partition coefficient (Wildman–Crippen LogP) is 3.70. The molecule has 6 heteroatoms. The average molecular weight is 376 g/mol. The minimum absolute atomic E-state index is 0.0547. The summed E-state index contributed by atoms with van der Waals surface area (Å²) in [7, 11) is 1.61. The first kappa shape index (κ1) is 20.1. The van der Waals surface area contributed by atoms with Gasteiger partial charge in [-0.1, -0.05) is 35.9 Å². The number of nitrogens with one attached hydrogen (secondary N) is 2. The third kappa shape index (κ3) is 5.93. The highest BCUT2D eigenvalue weighted by Crippen LogP contribution is 2.19. The lowest BCUT2D eigenvalue weighted by atomic mass is 10.1. The standard InChI is InChI=1S/C20H26ClN3O2/c1-4-22-20(24-14(2)15-8-10-17(21)11-9-15)23-13-19(25)16-6-5-7-18(12-16)26-3/h5-12,14,19,25H,4,13H2,1-3H3,(H2,22,23,24). The molecule has 0 radical (unpaired) electrons. The fourth-order valence-electron chi connectivity index (χ4n) is 2.49. The van der Waals surface area contributed by atoms with Crippen molar-refractivity contribution in [1.29, 1.82) is 0 Å². The van der Waals surface area contributed by atoms with Crippen LogP contribution in [0.3, 0.4) is 0 Å². The first-order chi connectivity index (χ1) is 12.5. The lowest BCUT2D eigenvalue weighted by Crippen LogP contribution is -2.39. The summed E-state index contributed by atoms with van der Waals surface area (Å²) >= 11 is 5.94. The Bertz CT molecular complexity index is 719. The Labute approximate surface area is 160 Å². The van der Waals surface area contributed by atoms with Gasteiger partial charge in [0.1, 0.15) is 5.75 Å². The van der Waals surface area contributed by atoms with E-state index in [1.807, 2.05) is 55.5 Å². The van der Waals surface area contributed by atoms with Gasteiger partial charge in [-0.15, -0.1) is 0 Å². The van der Waals surface area contributed by atoms with E-state index in [9.17, 15) is 5.11 Å². The van der Waals surface area contributed by atoms with Crippen LogP contribution in [0.25, 0.3) is 0 Å². The quantitative estimate of drug-likeness (QED) is 0.510. The zero-order valence-electron chi connectivity index (χ0n) is 15.4. The molecule has 0 spiro atoms. The van der Waals surface area contributed by atoms with Gasteiger partial charge in [-0.05, 0) is 49.2 Å². The second-order valence-corrected chi connectivity index (χ2v) is 6.37. The molecule has 0 aliphatic heterocycles. The van der Waals surface area contributed by atoms with Gasteiger partial charge in [-0.25, -0.2) is 0 Å². The normalized spacial score (nSPS) is 13.8. The molecule has 2 atom stereocenters. The Balaban J connectivity index is 2.04. The Morgan fingerprint density at radius 1 is 1.19 bits per heavy atom. The van der Waals surface area contributed by atoms with Gasteiger partial charge in [0, 0.05) is 11.6 Å². The molecule has 0 saturated heterocycles. The Hall–Kier alpha value is -2.24. The van der Waals surface area contributed by atoms with Gasteiger partial charge in [0.25, 0.3) is 0 Å². The van der Waals surface area contributed by atoms with Crippen molar-refractivity contribution in [1.82, 2.24) is 10.6 Å². The molecule has 0 aromatic heterocycles. The number of aliphatic hydroxyl groups is 1. The van der Waals surface area contributed by atoms with Crippen LogP contribution in [-0.2, 0) is 0 Å². The van der Waals surface area contributed by atoms with Crippen LogP contribution in [0.2, 0.25) is 5.02 Å². The van der Waals surface area contributed by atoms with Crippen LogP contribution in [0.4, 0.5) is 0 Å². The molecule has 0 heterocycles. The number of methoxy groups -OCH3 is 1. The second kappa shape index (κ2) is 10.0. The van der Waals surface area contributed by atoms with Crippen LogP contribution in [0.1, 0.15) is 37.1 Å². The molecular weight excluding hydrogens is 350 g/mol. The van der Waals surface area contributed by atoms with E-state index < -0.39 is 6.10 Å². The van der Waals surface area contributed by atoms with Crippen molar-refractivity contribution in [3.63, 3.8) is 0 Å². The summed E-state index contributed by atoms with van der Waals surface area (Å²) in [5.41, 5.74) is 1.88. The molecule has 0 amide bonds. The van der Waals surface area contributed by atoms with Crippen LogP contribution in [0.5, 0.6) is 5.75 Å². The summed E-state index contributed by atoms with van der Waals surface area (Å²) in [5, 5.41) is 17.7. The van der Waals surface area contributed by atoms with Crippen molar-refractivity contribution in [3.05, 3.63) is 64.7 Å². The Morgan fingerprint density at radius 2 is 1.92 bits per heavy atom. The maximum absolute atomic E-state index is 10.4. The maximum atomic E-state index is 10.4. The van der Waals surface area contributed by atoms with Gasteiger partial charge < -0.3 is 20.5 Å². The molecule has 26 heavy (non-hydrogen) atoms. The van der Waals surface area contributed by atoms with Crippen molar-refractivity contribution < 1.29 is 9.84 Å². The number of halogens is 1. The monoisotopic (exact) mass is 375 g/mol. The van der Waals surface area contributed by atoms with Crippen LogP contribution >= 0.6 is 11.6 Å². The van der Waals surface area contributed by atoms with E-state index in [0.717, 1.165) is 17.7 Å². The summed E-state index contributed by atoms with van der Waals surface area (Å²) in [5.74, 6) is 1.36.